The van der Waals surface area contributed by atoms with Crippen LogP contribution in [0.15, 0.2) is 24.4 Å². The van der Waals surface area contributed by atoms with Gasteiger partial charge in [-0.25, -0.2) is 4.98 Å². The summed E-state index contributed by atoms with van der Waals surface area (Å²) in [5.41, 5.74) is 3.60. The lowest BCUT2D eigenvalue weighted by molar-refractivity contribution is 0.765. The second-order valence-electron chi connectivity index (χ2n) is 3.68. The molecule has 0 fully saturated rings. The lowest BCUT2D eigenvalue weighted by atomic mass is 10.2. The van der Waals surface area contributed by atoms with Crippen molar-refractivity contribution >= 4 is 5.65 Å². The van der Waals surface area contributed by atoms with E-state index >= 15 is 0 Å². The predicted molar refractivity (Wildman–Crippen MR) is 58.5 cm³/mol. The van der Waals surface area contributed by atoms with Gasteiger partial charge in [-0.1, -0.05) is 19.4 Å². The Balaban J connectivity index is 2.45. The van der Waals surface area contributed by atoms with E-state index in [1.165, 1.54) is 24.2 Å². The molecule has 0 aromatic carbocycles. The molecule has 2 aromatic heterocycles. The number of rotatable bonds is 3. The summed E-state index contributed by atoms with van der Waals surface area (Å²) in [6.07, 6.45) is 5.71. The van der Waals surface area contributed by atoms with Crippen LogP contribution in [0.1, 0.15) is 31.2 Å². The van der Waals surface area contributed by atoms with E-state index in [-0.39, 0.29) is 0 Å². The van der Waals surface area contributed by atoms with E-state index < -0.39 is 0 Å². The second kappa shape index (κ2) is 3.82. The largest absolute Gasteiger partial charge is 0.304 e. The van der Waals surface area contributed by atoms with Crippen LogP contribution in [-0.2, 0) is 6.42 Å². The first-order chi connectivity index (χ1) is 6.83. The summed E-state index contributed by atoms with van der Waals surface area (Å²) in [4.78, 5) is 4.53. The predicted octanol–water partition coefficient (Wildman–Crippen LogP) is 2.99. The first-order valence-corrected chi connectivity index (χ1v) is 5.25. The molecule has 2 rings (SSSR count). The van der Waals surface area contributed by atoms with E-state index in [9.17, 15) is 0 Å². The lowest BCUT2D eigenvalue weighted by Gasteiger charge is -2.00. The van der Waals surface area contributed by atoms with Gasteiger partial charge in [0.2, 0.25) is 0 Å². The Morgan fingerprint density at radius 2 is 2.21 bits per heavy atom. The van der Waals surface area contributed by atoms with Crippen LogP contribution in [0.4, 0.5) is 0 Å². The van der Waals surface area contributed by atoms with Crippen molar-refractivity contribution in [1.29, 1.82) is 0 Å². The van der Waals surface area contributed by atoms with Gasteiger partial charge in [-0.05, 0) is 31.9 Å². The Labute approximate surface area is 84.6 Å². The summed E-state index contributed by atoms with van der Waals surface area (Å²) < 4.78 is 2.20. The van der Waals surface area contributed by atoms with E-state index in [0.29, 0.717) is 0 Å². The third-order valence-corrected chi connectivity index (χ3v) is 2.60. The molecule has 0 saturated carbocycles. The molecule has 0 aliphatic carbocycles. The van der Waals surface area contributed by atoms with Crippen LogP contribution < -0.4 is 0 Å². The molecule has 74 valence electrons. The molecule has 0 amide bonds. The van der Waals surface area contributed by atoms with Crippen molar-refractivity contribution in [3.63, 3.8) is 0 Å². The molecule has 2 aromatic rings. The maximum atomic E-state index is 4.53. The van der Waals surface area contributed by atoms with Crippen molar-refractivity contribution < 1.29 is 0 Å². The zero-order valence-corrected chi connectivity index (χ0v) is 8.83. The maximum absolute atomic E-state index is 4.53. The number of hydrogen-bond acceptors (Lipinski definition) is 1. The highest BCUT2D eigenvalue weighted by molar-refractivity contribution is 5.42. The van der Waals surface area contributed by atoms with E-state index in [1.807, 2.05) is 6.07 Å². The third kappa shape index (κ3) is 1.52. The maximum Gasteiger partial charge on any atom is 0.137 e. The zero-order chi connectivity index (χ0) is 9.97. The molecule has 2 nitrogen and oxygen atoms in total. The van der Waals surface area contributed by atoms with Gasteiger partial charge < -0.3 is 4.40 Å². The van der Waals surface area contributed by atoms with E-state index in [4.69, 9.17) is 0 Å². The van der Waals surface area contributed by atoms with Crippen molar-refractivity contribution in [3.05, 3.63) is 35.8 Å². The Morgan fingerprint density at radius 1 is 1.36 bits per heavy atom. The molecule has 0 N–H and O–H groups in total. The van der Waals surface area contributed by atoms with Crippen LogP contribution in [0.25, 0.3) is 5.65 Å². The van der Waals surface area contributed by atoms with Crippen molar-refractivity contribution in [2.24, 2.45) is 0 Å². The molecule has 0 aliphatic heterocycles. The van der Waals surface area contributed by atoms with Crippen molar-refractivity contribution in [2.45, 2.75) is 33.1 Å². The first kappa shape index (κ1) is 9.25. The fraction of sp³-hybridized carbons (Fsp3) is 0.417. The number of hydrogen-bond donors (Lipinski definition) is 0. The van der Waals surface area contributed by atoms with Gasteiger partial charge in [0.25, 0.3) is 0 Å². The summed E-state index contributed by atoms with van der Waals surface area (Å²) in [7, 11) is 0. The topological polar surface area (TPSA) is 17.3 Å². The smallest absolute Gasteiger partial charge is 0.137 e. The average Bonchev–Trinajstić information content (AvgIpc) is 2.51. The average molecular weight is 188 g/mol. The molecule has 0 bridgehead atoms. The minimum Gasteiger partial charge on any atom is -0.304 e. The van der Waals surface area contributed by atoms with Crippen molar-refractivity contribution in [1.82, 2.24) is 9.38 Å². The minimum absolute atomic E-state index is 1.07. The number of pyridine rings is 1. The highest BCUT2D eigenvalue weighted by Crippen LogP contribution is 2.13. The molecule has 14 heavy (non-hydrogen) atoms. The van der Waals surface area contributed by atoms with Crippen LogP contribution in [-0.4, -0.2) is 9.38 Å². The van der Waals surface area contributed by atoms with Gasteiger partial charge >= 0.3 is 0 Å². The van der Waals surface area contributed by atoms with Gasteiger partial charge in [0.05, 0.1) is 5.69 Å². The van der Waals surface area contributed by atoms with E-state index in [2.05, 4.69) is 41.6 Å². The lowest BCUT2D eigenvalue weighted by Crippen LogP contribution is -1.93. The van der Waals surface area contributed by atoms with Crippen LogP contribution in [0.5, 0.6) is 0 Å². The zero-order valence-electron chi connectivity index (χ0n) is 8.83. The second-order valence-corrected chi connectivity index (χ2v) is 3.68. The molecule has 0 radical (unpaired) electrons. The highest BCUT2D eigenvalue weighted by Gasteiger charge is 2.06. The molecule has 0 saturated heterocycles. The number of aryl methyl sites for hydroxylation is 2. The van der Waals surface area contributed by atoms with Gasteiger partial charge in [0, 0.05) is 11.9 Å². The van der Waals surface area contributed by atoms with E-state index in [1.54, 1.807) is 0 Å². The van der Waals surface area contributed by atoms with E-state index in [0.717, 1.165) is 12.1 Å². The summed E-state index contributed by atoms with van der Waals surface area (Å²) in [6.45, 7) is 4.32. The van der Waals surface area contributed by atoms with Gasteiger partial charge in [-0.15, -0.1) is 0 Å². The fourth-order valence-corrected chi connectivity index (χ4v) is 1.81. The van der Waals surface area contributed by atoms with Gasteiger partial charge in [0.15, 0.2) is 0 Å². The van der Waals surface area contributed by atoms with Crippen LogP contribution in [0.2, 0.25) is 0 Å². The number of fused-ring (bicyclic) bond motifs is 1. The van der Waals surface area contributed by atoms with Gasteiger partial charge in [-0.3, -0.25) is 0 Å². The van der Waals surface area contributed by atoms with Gasteiger partial charge in [-0.2, -0.15) is 0 Å². The molecular weight excluding hydrogens is 172 g/mol. The summed E-state index contributed by atoms with van der Waals surface area (Å²) in [5, 5.41) is 0. The van der Waals surface area contributed by atoms with Crippen molar-refractivity contribution in [3.8, 4) is 0 Å². The fourth-order valence-electron chi connectivity index (χ4n) is 1.81. The number of imidazole rings is 1. The first-order valence-electron chi connectivity index (χ1n) is 5.25. The summed E-state index contributed by atoms with van der Waals surface area (Å²) >= 11 is 0. The Morgan fingerprint density at radius 3 is 3.00 bits per heavy atom. The van der Waals surface area contributed by atoms with Gasteiger partial charge in [0.1, 0.15) is 5.65 Å². The molecule has 0 aliphatic rings. The SMILES string of the molecule is CCCCc1c(C)nc2ccccn12. The van der Waals surface area contributed by atoms with Crippen molar-refractivity contribution in [2.75, 3.05) is 0 Å². The molecular formula is C12H16N2. The monoisotopic (exact) mass is 188 g/mol. The Hall–Kier alpha value is -1.31. The standard InChI is InChI=1S/C12H16N2/c1-3-4-7-11-10(2)13-12-8-5-6-9-14(11)12/h5-6,8-9H,3-4,7H2,1-2H3. The van der Waals surface area contributed by atoms with Crippen LogP contribution >= 0.6 is 0 Å². The Bertz CT molecular complexity index is 429. The highest BCUT2D eigenvalue weighted by atomic mass is 15.0. The molecule has 2 heterocycles. The minimum atomic E-state index is 1.07. The third-order valence-electron chi connectivity index (χ3n) is 2.60. The number of aromatic nitrogens is 2. The normalized spacial score (nSPS) is 11.0. The van der Waals surface area contributed by atoms with Crippen LogP contribution in [0, 0.1) is 6.92 Å². The quantitative estimate of drug-likeness (QED) is 0.723. The molecule has 0 unspecified atom stereocenters. The molecule has 2 heteroatoms. The number of nitrogens with zero attached hydrogens (tertiary/aromatic N) is 2. The number of unbranched alkanes of at least 4 members (excludes halogenated alkanes) is 1. The molecule has 0 atom stereocenters. The molecule has 0 spiro atoms. The summed E-state index contributed by atoms with van der Waals surface area (Å²) in [6, 6.07) is 6.15. The van der Waals surface area contributed by atoms with Crippen LogP contribution in [0.3, 0.4) is 0 Å². The Kier molecular flexibility index (Phi) is 2.53. The summed E-state index contributed by atoms with van der Waals surface area (Å²) in [5.74, 6) is 0.